The second kappa shape index (κ2) is 6.14. The number of nitrogens with one attached hydrogen (secondary N) is 1. The summed E-state index contributed by atoms with van der Waals surface area (Å²) in [6.45, 7) is 2.16. The third-order valence-electron chi connectivity index (χ3n) is 2.65. The molecule has 0 unspecified atom stereocenters. The van der Waals surface area contributed by atoms with E-state index in [0.29, 0.717) is 5.75 Å². The van der Waals surface area contributed by atoms with E-state index in [1.807, 2.05) is 19.1 Å². The molecule has 0 radical (unpaired) electrons. The molecule has 1 aromatic rings. The van der Waals surface area contributed by atoms with Gasteiger partial charge in [0.1, 0.15) is 11.5 Å². The number of carbonyl (C=O) groups excluding carboxylic acids is 1. The van der Waals surface area contributed by atoms with Crippen LogP contribution in [0.3, 0.4) is 0 Å². The minimum absolute atomic E-state index is 0.00315. The fourth-order valence-corrected chi connectivity index (χ4v) is 1.52. The monoisotopic (exact) mass is 252 g/mol. The molecule has 0 aliphatic rings. The van der Waals surface area contributed by atoms with Gasteiger partial charge in [-0.3, -0.25) is 4.79 Å². The first-order chi connectivity index (χ1) is 8.49. The van der Waals surface area contributed by atoms with Gasteiger partial charge in [-0.25, -0.2) is 0 Å². The number of carbonyl (C=O) groups is 1. The number of benzene rings is 1. The van der Waals surface area contributed by atoms with Crippen LogP contribution >= 0.6 is 0 Å². The van der Waals surface area contributed by atoms with Crippen LogP contribution in [0.5, 0.6) is 11.5 Å². The molecule has 1 N–H and O–H groups in total. The van der Waals surface area contributed by atoms with Crippen molar-refractivity contribution in [1.29, 1.82) is 0 Å². The zero-order chi connectivity index (χ0) is 13.7. The van der Waals surface area contributed by atoms with Crippen molar-refractivity contribution in [3.63, 3.8) is 0 Å². The molecule has 5 heteroatoms. The summed E-state index contributed by atoms with van der Waals surface area (Å²) in [6.07, 6.45) is 0. The number of aryl methyl sites for hydroxylation is 1. The van der Waals surface area contributed by atoms with E-state index in [1.165, 1.54) is 4.90 Å². The molecule has 0 atom stereocenters. The number of amides is 1. The molecule has 0 heterocycles. The Morgan fingerprint density at radius 2 is 1.83 bits per heavy atom. The van der Waals surface area contributed by atoms with Gasteiger partial charge in [0.2, 0.25) is 5.91 Å². The van der Waals surface area contributed by atoms with Crippen LogP contribution in [0.15, 0.2) is 12.1 Å². The van der Waals surface area contributed by atoms with Crippen LogP contribution < -0.4 is 14.8 Å². The van der Waals surface area contributed by atoms with E-state index < -0.39 is 0 Å². The molecular weight excluding hydrogens is 232 g/mol. The van der Waals surface area contributed by atoms with E-state index in [4.69, 9.17) is 9.47 Å². The van der Waals surface area contributed by atoms with Gasteiger partial charge >= 0.3 is 0 Å². The Morgan fingerprint density at radius 1 is 1.22 bits per heavy atom. The zero-order valence-electron chi connectivity index (χ0n) is 11.5. The van der Waals surface area contributed by atoms with Crippen LogP contribution in [0.4, 0.5) is 5.69 Å². The van der Waals surface area contributed by atoms with Crippen molar-refractivity contribution in [1.82, 2.24) is 4.90 Å². The van der Waals surface area contributed by atoms with Crippen LogP contribution in [0, 0.1) is 6.92 Å². The molecule has 1 rings (SSSR count). The summed E-state index contributed by atoms with van der Waals surface area (Å²) >= 11 is 0. The molecule has 5 nitrogen and oxygen atoms in total. The maximum absolute atomic E-state index is 11.5. The van der Waals surface area contributed by atoms with Crippen LogP contribution in [0.2, 0.25) is 0 Å². The van der Waals surface area contributed by atoms with Gasteiger partial charge < -0.3 is 19.7 Å². The smallest absolute Gasteiger partial charge is 0.241 e. The van der Waals surface area contributed by atoms with Crippen LogP contribution in [0.1, 0.15) is 5.56 Å². The Morgan fingerprint density at radius 3 is 2.33 bits per heavy atom. The summed E-state index contributed by atoms with van der Waals surface area (Å²) in [6, 6.07) is 3.71. The van der Waals surface area contributed by atoms with Crippen molar-refractivity contribution in [3.05, 3.63) is 17.7 Å². The number of nitrogens with zero attached hydrogens (tertiary/aromatic N) is 1. The van der Waals surface area contributed by atoms with Gasteiger partial charge in [-0.05, 0) is 18.6 Å². The lowest BCUT2D eigenvalue weighted by atomic mass is 10.2. The average Bonchev–Trinajstić information content (AvgIpc) is 2.36. The van der Waals surface area contributed by atoms with E-state index >= 15 is 0 Å². The number of ether oxygens (including phenoxy) is 2. The molecule has 1 amide bonds. The maximum atomic E-state index is 11.5. The Labute approximate surface area is 108 Å². The number of methoxy groups -OCH3 is 2. The minimum Gasteiger partial charge on any atom is -0.496 e. The van der Waals surface area contributed by atoms with Crippen molar-refractivity contribution in [2.45, 2.75) is 6.92 Å². The second-order valence-electron chi connectivity index (χ2n) is 4.16. The third kappa shape index (κ3) is 3.29. The van der Waals surface area contributed by atoms with Crippen molar-refractivity contribution < 1.29 is 14.3 Å². The van der Waals surface area contributed by atoms with Crippen molar-refractivity contribution in [3.8, 4) is 11.5 Å². The normalized spacial score (nSPS) is 9.83. The Bertz CT molecular complexity index is 430. The molecule has 0 fully saturated rings. The summed E-state index contributed by atoms with van der Waals surface area (Å²) in [5.74, 6) is 1.45. The van der Waals surface area contributed by atoms with Crippen LogP contribution in [0.25, 0.3) is 0 Å². The number of likely N-dealkylation sites (N-methyl/N-ethyl adjacent to an activating group) is 1. The van der Waals surface area contributed by atoms with Crippen molar-refractivity contribution in [2.24, 2.45) is 0 Å². The summed E-state index contributed by atoms with van der Waals surface area (Å²) in [4.78, 5) is 13.1. The average molecular weight is 252 g/mol. The molecular formula is C13H20N2O3. The van der Waals surface area contributed by atoms with Crippen LogP contribution in [-0.2, 0) is 4.79 Å². The first-order valence-electron chi connectivity index (χ1n) is 5.66. The SMILES string of the molecule is COc1cc(NCC(=O)N(C)C)c(OC)cc1C. The third-order valence-corrected chi connectivity index (χ3v) is 2.65. The van der Waals surface area contributed by atoms with Gasteiger partial charge in [0.15, 0.2) is 0 Å². The van der Waals surface area contributed by atoms with Gasteiger partial charge in [0.25, 0.3) is 0 Å². The molecule has 0 aliphatic carbocycles. The molecule has 100 valence electrons. The topological polar surface area (TPSA) is 50.8 Å². The Balaban J connectivity index is 2.89. The van der Waals surface area contributed by atoms with Crippen molar-refractivity contribution in [2.75, 3.05) is 40.2 Å². The summed E-state index contributed by atoms with van der Waals surface area (Å²) in [7, 11) is 6.65. The second-order valence-corrected chi connectivity index (χ2v) is 4.16. The Hall–Kier alpha value is -1.91. The number of hydrogen-bond donors (Lipinski definition) is 1. The summed E-state index contributed by atoms with van der Waals surface area (Å²) < 4.78 is 10.5. The first kappa shape index (κ1) is 14.2. The quantitative estimate of drug-likeness (QED) is 0.863. The van der Waals surface area contributed by atoms with E-state index in [2.05, 4.69) is 5.32 Å². The number of anilines is 1. The maximum Gasteiger partial charge on any atom is 0.241 e. The standard InChI is InChI=1S/C13H20N2O3/c1-9-6-12(18-5)10(7-11(9)17-4)14-8-13(16)15(2)3/h6-7,14H,8H2,1-5H3. The lowest BCUT2D eigenvalue weighted by Crippen LogP contribution is -2.28. The number of hydrogen-bond acceptors (Lipinski definition) is 4. The van der Waals surface area contributed by atoms with Gasteiger partial charge in [-0.15, -0.1) is 0 Å². The number of rotatable bonds is 5. The fraction of sp³-hybridized carbons (Fsp3) is 0.462. The lowest BCUT2D eigenvalue weighted by Gasteiger charge is -2.16. The molecule has 0 aromatic heterocycles. The van der Waals surface area contributed by atoms with Gasteiger partial charge in [0.05, 0.1) is 26.5 Å². The highest BCUT2D eigenvalue weighted by Crippen LogP contribution is 2.32. The molecule has 18 heavy (non-hydrogen) atoms. The molecule has 0 aliphatic heterocycles. The van der Waals surface area contributed by atoms with Crippen LogP contribution in [-0.4, -0.2) is 45.7 Å². The van der Waals surface area contributed by atoms with E-state index in [0.717, 1.165) is 17.0 Å². The highest BCUT2D eigenvalue weighted by molar-refractivity contribution is 5.81. The zero-order valence-corrected chi connectivity index (χ0v) is 11.5. The minimum atomic E-state index is -0.00315. The van der Waals surface area contributed by atoms with Gasteiger partial charge in [-0.1, -0.05) is 0 Å². The molecule has 0 spiro atoms. The van der Waals surface area contributed by atoms with E-state index in [1.54, 1.807) is 28.3 Å². The van der Waals surface area contributed by atoms with Gasteiger partial charge in [-0.2, -0.15) is 0 Å². The summed E-state index contributed by atoms with van der Waals surface area (Å²) in [5.41, 5.74) is 1.73. The highest BCUT2D eigenvalue weighted by Gasteiger charge is 2.10. The molecule has 1 aromatic carbocycles. The highest BCUT2D eigenvalue weighted by atomic mass is 16.5. The van der Waals surface area contributed by atoms with Gasteiger partial charge in [0, 0.05) is 20.2 Å². The predicted octanol–water partition coefficient (Wildman–Crippen LogP) is 1.51. The fourth-order valence-electron chi connectivity index (χ4n) is 1.52. The van der Waals surface area contributed by atoms with Crippen molar-refractivity contribution >= 4 is 11.6 Å². The summed E-state index contributed by atoms with van der Waals surface area (Å²) in [5, 5.41) is 3.05. The lowest BCUT2D eigenvalue weighted by molar-refractivity contribution is -0.126. The molecule has 0 saturated carbocycles. The van der Waals surface area contributed by atoms with E-state index in [-0.39, 0.29) is 12.5 Å². The molecule has 0 bridgehead atoms. The molecule has 0 saturated heterocycles. The van der Waals surface area contributed by atoms with E-state index in [9.17, 15) is 4.79 Å². The predicted molar refractivity (Wildman–Crippen MR) is 71.5 cm³/mol. The first-order valence-corrected chi connectivity index (χ1v) is 5.66. The Kier molecular flexibility index (Phi) is 4.83. The largest absolute Gasteiger partial charge is 0.496 e.